The third-order valence-electron chi connectivity index (χ3n) is 2.23. The number of aliphatic hydroxyl groups is 1. The minimum atomic E-state index is -1.35. The molecule has 5 heteroatoms. The molecule has 1 unspecified atom stereocenters. The maximum Gasteiger partial charge on any atom is 0.209 e. The van der Waals surface area contributed by atoms with Crippen molar-refractivity contribution < 1.29 is 14.3 Å². The molecule has 0 bridgehead atoms. The number of hydrogen-bond acceptors (Lipinski definition) is 4. The van der Waals surface area contributed by atoms with Crippen LogP contribution in [0.15, 0.2) is 39.7 Å². The number of benzene rings is 1. The Balaban J connectivity index is 2.61. The molecule has 1 amide bonds. The number of amides is 1. The number of carbonyl (C=O) groups excluding carboxylic acids is 1. The zero-order valence-corrected chi connectivity index (χ0v) is 8.21. The van der Waals surface area contributed by atoms with Gasteiger partial charge in [0.15, 0.2) is 11.7 Å². The summed E-state index contributed by atoms with van der Waals surface area (Å²) in [5.74, 6) is 0. The van der Waals surface area contributed by atoms with E-state index in [1.807, 2.05) is 0 Å². The Hall–Kier alpha value is -2.14. The van der Waals surface area contributed by atoms with Crippen LogP contribution in [0, 0.1) is 0 Å². The molecule has 2 N–H and O–H groups in total. The maximum absolute atomic E-state index is 11.9. The van der Waals surface area contributed by atoms with Gasteiger partial charge in [-0.3, -0.25) is 9.59 Å². The summed E-state index contributed by atoms with van der Waals surface area (Å²) in [6, 6.07) is 6.69. The van der Waals surface area contributed by atoms with E-state index in [9.17, 15) is 14.7 Å². The molecule has 0 saturated heterocycles. The molecule has 0 spiro atoms. The lowest BCUT2D eigenvalue weighted by atomic mass is 10.1. The Morgan fingerprint density at radius 3 is 2.88 bits per heavy atom. The van der Waals surface area contributed by atoms with Crippen LogP contribution < -0.4 is 10.7 Å². The van der Waals surface area contributed by atoms with E-state index in [0.717, 1.165) is 6.26 Å². The number of rotatable bonds is 3. The summed E-state index contributed by atoms with van der Waals surface area (Å²) < 4.78 is 5.18. The molecule has 2 aromatic rings. The SMILES string of the molecule is O=CNC(O)c1coc2ccccc2c1=O. The summed E-state index contributed by atoms with van der Waals surface area (Å²) in [6.07, 6.45) is 0.115. The van der Waals surface area contributed by atoms with Crippen LogP contribution in [0.3, 0.4) is 0 Å². The van der Waals surface area contributed by atoms with Gasteiger partial charge in [0.1, 0.15) is 11.8 Å². The molecule has 1 atom stereocenters. The quantitative estimate of drug-likeness (QED) is 0.583. The Bertz CT molecular complexity index is 575. The highest BCUT2D eigenvalue weighted by atomic mass is 16.3. The van der Waals surface area contributed by atoms with Gasteiger partial charge in [-0.1, -0.05) is 12.1 Å². The van der Waals surface area contributed by atoms with E-state index in [1.54, 1.807) is 24.3 Å². The molecule has 16 heavy (non-hydrogen) atoms. The van der Waals surface area contributed by atoms with Gasteiger partial charge in [-0.2, -0.15) is 0 Å². The molecule has 1 aromatic carbocycles. The van der Waals surface area contributed by atoms with Crippen molar-refractivity contribution in [3.05, 3.63) is 46.3 Å². The van der Waals surface area contributed by atoms with E-state index in [4.69, 9.17) is 4.42 Å². The Kier molecular flexibility index (Phi) is 2.70. The van der Waals surface area contributed by atoms with Crippen molar-refractivity contribution in [2.24, 2.45) is 0 Å². The fraction of sp³-hybridized carbons (Fsp3) is 0.0909. The highest BCUT2D eigenvalue weighted by Crippen LogP contribution is 2.13. The van der Waals surface area contributed by atoms with Crippen molar-refractivity contribution in [2.75, 3.05) is 0 Å². The number of hydrogen-bond donors (Lipinski definition) is 2. The second-order valence-electron chi connectivity index (χ2n) is 3.20. The summed E-state index contributed by atoms with van der Waals surface area (Å²) in [7, 11) is 0. The van der Waals surface area contributed by atoms with E-state index >= 15 is 0 Å². The Labute approximate surface area is 90.3 Å². The Morgan fingerprint density at radius 2 is 2.12 bits per heavy atom. The number of aliphatic hydroxyl groups excluding tert-OH is 1. The first-order valence-corrected chi connectivity index (χ1v) is 4.62. The molecule has 0 radical (unpaired) electrons. The minimum Gasteiger partial charge on any atom is -0.464 e. The highest BCUT2D eigenvalue weighted by molar-refractivity contribution is 5.76. The summed E-state index contributed by atoms with van der Waals surface area (Å²) in [5, 5.41) is 11.9. The summed E-state index contributed by atoms with van der Waals surface area (Å²) in [5.41, 5.74) is 0.0871. The standard InChI is InChI=1S/C11H9NO4/c13-6-12-11(15)8-5-16-9-4-2-1-3-7(9)10(8)14/h1-6,11,15H,(H,12,13). The average Bonchev–Trinajstić information content (AvgIpc) is 2.30. The van der Waals surface area contributed by atoms with Gasteiger partial charge in [0.25, 0.3) is 0 Å². The second-order valence-corrected chi connectivity index (χ2v) is 3.20. The summed E-state index contributed by atoms with van der Waals surface area (Å²) in [4.78, 5) is 22.0. The van der Waals surface area contributed by atoms with Crippen molar-refractivity contribution in [3.63, 3.8) is 0 Å². The molecular formula is C11H9NO4. The van der Waals surface area contributed by atoms with Gasteiger partial charge in [0, 0.05) is 0 Å². The largest absolute Gasteiger partial charge is 0.464 e. The third-order valence-corrected chi connectivity index (χ3v) is 2.23. The van der Waals surface area contributed by atoms with Gasteiger partial charge >= 0.3 is 0 Å². The zero-order valence-electron chi connectivity index (χ0n) is 8.21. The first-order chi connectivity index (χ1) is 7.74. The zero-order chi connectivity index (χ0) is 11.5. The van der Waals surface area contributed by atoms with Crippen molar-refractivity contribution in [3.8, 4) is 0 Å². The maximum atomic E-state index is 11.9. The molecule has 0 aliphatic heterocycles. The minimum absolute atomic E-state index is 0.00537. The van der Waals surface area contributed by atoms with Crippen LogP contribution in [0.4, 0.5) is 0 Å². The third kappa shape index (κ3) is 1.68. The lowest BCUT2D eigenvalue weighted by Crippen LogP contribution is -2.24. The molecule has 0 aliphatic rings. The Morgan fingerprint density at radius 1 is 1.38 bits per heavy atom. The topological polar surface area (TPSA) is 79.5 Å². The molecule has 82 valence electrons. The smallest absolute Gasteiger partial charge is 0.209 e. The van der Waals surface area contributed by atoms with Gasteiger partial charge in [-0.05, 0) is 12.1 Å². The van der Waals surface area contributed by atoms with E-state index in [-0.39, 0.29) is 11.0 Å². The molecule has 0 saturated carbocycles. The fourth-order valence-corrected chi connectivity index (χ4v) is 1.44. The van der Waals surface area contributed by atoms with Gasteiger partial charge in [0.05, 0.1) is 10.9 Å². The first-order valence-electron chi connectivity index (χ1n) is 4.62. The summed E-state index contributed by atoms with van der Waals surface area (Å²) >= 11 is 0. The van der Waals surface area contributed by atoms with Crippen molar-refractivity contribution >= 4 is 17.4 Å². The number of nitrogens with one attached hydrogen (secondary N) is 1. The number of carbonyl (C=O) groups is 1. The van der Waals surface area contributed by atoms with E-state index in [1.165, 1.54) is 0 Å². The predicted molar refractivity (Wildman–Crippen MR) is 56.6 cm³/mol. The second kappa shape index (κ2) is 4.16. The molecule has 0 fully saturated rings. The van der Waals surface area contributed by atoms with Crippen LogP contribution in [0.2, 0.25) is 0 Å². The molecule has 2 rings (SSSR count). The molecule has 1 heterocycles. The molecular weight excluding hydrogens is 210 g/mol. The fourth-order valence-electron chi connectivity index (χ4n) is 1.44. The first kappa shape index (κ1) is 10.4. The van der Waals surface area contributed by atoms with Gasteiger partial charge in [-0.25, -0.2) is 0 Å². The van der Waals surface area contributed by atoms with Crippen molar-refractivity contribution in [1.82, 2.24) is 5.32 Å². The van der Waals surface area contributed by atoms with Gasteiger partial charge in [0.2, 0.25) is 6.41 Å². The van der Waals surface area contributed by atoms with Crippen LogP contribution in [0.5, 0.6) is 0 Å². The average molecular weight is 219 g/mol. The van der Waals surface area contributed by atoms with E-state index in [2.05, 4.69) is 5.32 Å². The normalized spacial score (nSPS) is 12.3. The van der Waals surface area contributed by atoms with Crippen LogP contribution in [0.25, 0.3) is 11.0 Å². The lowest BCUT2D eigenvalue weighted by molar-refractivity contribution is -0.112. The molecule has 5 nitrogen and oxygen atoms in total. The van der Waals surface area contributed by atoms with E-state index in [0.29, 0.717) is 17.4 Å². The number of para-hydroxylation sites is 1. The molecule has 0 aliphatic carbocycles. The number of fused-ring (bicyclic) bond motifs is 1. The van der Waals surface area contributed by atoms with Crippen LogP contribution in [0.1, 0.15) is 11.8 Å². The van der Waals surface area contributed by atoms with Gasteiger partial charge < -0.3 is 14.8 Å². The van der Waals surface area contributed by atoms with Crippen molar-refractivity contribution in [2.45, 2.75) is 6.23 Å². The molecule has 1 aromatic heterocycles. The predicted octanol–water partition coefficient (Wildman–Crippen LogP) is 0.530. The lowest BCUT2D eigenvalue weighted by Gasteiger charge is -2.08. The highest BCUT2D eigenvalue weighted by Gasteiger charge is 2.13. The van der Waals surface area contributed by atoms with E-state index < -0.39 is 6.23 Å². The van der Waals surface area contributed by atoms with Gasteiger partial charge in [-0.15, -0.1) is 0 Å². The monoisotopic (exact) mass is 219 g/mol. The van der Waals surface area contributed by atoms with Crippen LogP contribution in [-0.2, 0) is 4.79 Å². The summed E-state index contributed by atoms with van der Waals surface area (Å²) in [6.45, 7) is 0. The van der Waals surface area contributed by atoms with Crippen LogP contribution >= 0.6 is 0 Å². The van der Waals surface area contributed by atoms with Crippen LogP contribution in [-0.4, -0.2) is 11.5 Å². The van der Waals surface area contributed by atoms with Crippen molar-refractivity contribution in [1.29, 1.82) is 0 Å².